The number of non-ortho nitro benzene ring substituents is 1. The lowest BCUT2D eigenvalue weighted by atomic mass is 10.0. The van der Waals surface area contributed by atoms with Crippen LogP contribution in [0.5, 0.6) is 0 Å². The SMILES string of the molecule is CC(C)CC(NC(=O)CCNC(=O)c1ccc([N+](=O)[O-])cc1)C(=O)O. The van der Waals surface area contributed by atoms with Crippen LogP contribution in [-0.2, 0) is 9.59 Å². The van der Waals surface area contributed by atoms with Gasteiger partial charge in [-0.3, -0.25) is 19.7 Å². The Balaban J connectivity index is 2.45. The molecule has 0 saturated heterocycles. The third-order valence-corrected chi connectivity index (χ3v) is 3.32. The fourth-order valence-corrected chi connectivity index (χ4v) is 2.09. The largest absolute Gasteiger partial charge is 0.480 e. The highest BCUT2D eigenvalue weighted by Gasteiger charge is 2.20. The number of carboxylic acid groups (broad SMARTS) is 1. The Hall–Kier alpha value is -2.97. The standard InChI is InChI=1S/C16H21N3O6/c1-10(2)9-13(16(22)23)18-14(20)7-8-17-15(21)11-3-5-12(6-4-11)19(24)25/h3-6,10,13H,7-9H2,1-2H3,(H,17,21)(H,18,20)(H,22,23). The van der Waals surface area contributed by atoms with Crippen LogP contribution in [0.25, 0.3) is 0 Å². The predicted octanol–water partition coefficient (Wildman–Crippen LogP) is 1.33. The van der Waals surface area contributed by atoms with Gasteiger partial charge in [0.15, 0.2) is 0 Å². The number of benzene rings is 1. The number of nitro benzene ring substituents is 1. The molecule has 0 aliphatic heterocycles. The van der Waals surface area contributed by atoms with Gasteiger partial charge in [-0.05, 0) is 24.5 Å². The Bertz CT molecular complexity index is 642. The van der Waals surface area contributed by atoms with E-state index in [2.05, 4.69) is 10.6 Å². The Labute approximate surface area is 144 Å². The summed E-state index contributed by atoms with van der Waals surface area (Å²) in [4.78, 5) is 44.7. The number of carbonyl (C=O) groups excluding carboxylic acids is 2. The number of nitro groups is 1. The molecule has 0 heterocycles. The summed E-state index contributed by atoms with van der Waals surface area (Å²) in [5.74, 6) is -1.93. The molecule has 2 amide bonds. The predicted molar refractivity (Wildman–Crippen MR) is 89.1 cm³/mol. The van der Waals surface area contributed by atoms with Gasteiger partial charge in [-0.25, -0.2) is 4.79 Å². The van der Waals surface area contributed by atoms with Crippen LogP contribution in [0.3, 0.4) is 0 Å². The molecule has 0 bridgehead atoms. The van der Waals surface area contributed by atoms with Gasteiger partial charge in [-0.2, -0.15) is 0 Å². The molecule has 1 aromatic rings. The highest BCUT2D eigenvalue weighted by Crippen LogP contribution is 2.11. The van der Waals surface area contributed by atoms with Gasteiger partial charge in [0, 0.05) is 30.7 Å². The van der Waals surface area contributed by atoms with E-state index in [-0.39, 0.29) is 30.1 Å². The van der Waals surface area contributed by atoms with Crippen LogP contribution in [0.15, 0.2) is 24.3 Å². The van der Waals surface area contributed by atoms with Crippen molar-refractivity contribution in [2.24, 2.45) is 5.92 Å². The van der Waals surface area contributed by atoms with Crippen molar-refractivity contribution in [1.29, 1.82) is 0 Å². The maximum atomic E-state index is 11.9. The minimum Gasteiger partial charge on any atom is -0.480 e. The molecule has 0 saturated carbocycles. The van der Waals surface area contributed by atoms with Crippen molar-refractivity contribution in [3.63, 3.8) is 0 Å². The van der Waals surface area contributed by atoms with E-state index in [4.69, 9.17) is 5.11 Å². The molecule has 136 valence electrons. The minimum absolute atomic E-state index is 0.0235. The van der Waals surface area contributed by atoms with Crippen LogP contribution >= 0.6 is 0 Å². The smallest absolute Gasteiger partial charge is 0.326 e. The van der Waals surface area contributed by atoms with Crippen LogP contribution in [0, 0.1) is 16.0 Å². The number of nitrogens with zero attached hydrogens (tertiary/aromatic N) is 1. The number of amides is 2. The number of aliphatic carboxylic acids is 1. The minimum atomic E-state index is -1.10. The van der Waals surface area contributed by atoms with Crippen molar-refractivity contribution in [2.45, 2.75) is 32.7 Å². The average molecular weight is 351 g/mol. The van der Waals surface area contributed by atoms with Crippen LogP contribution in [0.1, 0.15) is 37.0 Å². The summed E-state index contributed by atoms with van der Waals surface area (Å²) in [5.41, 5.74) is 0.107. The molecule has 0 spiro atoms. The second-order valence-corrected chi connectivity index (χ2v) is 5.90. The van der Waals surface area contributed by atoms with Gasteiger partial charge in [0.05, 0.1) is 4.92 Å². The molecule has 9 nitrogen and oxygen atoms in total. The number of hydrogen-bond donors (Lipinski definition) is 3. The van der Waals surface area contributed by atoms with E-state index < -0.39 is 28.7 Å². The summed E-state index contributed by atoms with van der Waals surface area (Å²) >= 11 is 0. The first-order valence-electron chi connectivity index (χ1n) is 7.75. The van der Waals surface area contributed by atoms with E-state index in [0.717, 1.165) is 0 Å². The number of nitrogens with one attached hydrogen (secondary N) is 2. The normalized spacial score (nSPS) is 11.6. The lowest BCUT2D eigenvalue weighted by Gasteiger charge is -2.16. The highest BCUT2D eigenvalue weighted by molar-refractivity contribution is 5.94. The van der Waals surface area contributed by atoms with Gasteiger partial charge in [0.25, 0.3) is 11.6 Å². The van der Waals surface area contributed by atoms with Gasteiger partial charge in [0.2, 0.25) is 5.91 Å². The van der Waals surface area contributed by atoms with E-state index in [1.807, 2.05) is 13.8 Å². The third kappa shape index (κ3) is 6.98. The average Bonchev–Trinajstić information content (AvgIpc) is 2.53. The zero-order chi connectivity index (χ0) is 19.0. The highest BCUT2D eigenvalue weighted by atomic mass is 16.6. The van der Waals surface area contributed by atoms with Gasteiger partial charge in [0.1, 0.15) is 6.04 Å². The fraction of sp³-hybridized carbons (Fsp3) is 0.438. The zero-order valence-corrected chi connectivity index (χ0v) is 14.0. The molecular formula is C16H21N3O6. The van der Waals surface area contributed by atoms with Gasteiger partial charge in [-0.1, -0.05) is 13.8 Å². The summed E-state index contributed by atoms with van der Waals surface area (Å²) < 4.78 is 0. The number of carboxylic acids is 1. The van der Waals surface area contributed by atoms with Gasteiger partial charge >= 0.3 is 5.97 Å². The summed E-state index contributed by atoms with van der Waals surface area (Å²) in [5, 5.41) is 24.5. The molecule has 0 radical (unpaired) electrons. The molecule has 0 aromatic heterocycles. The Morgan fingerprint density at radius 2 is 1.80 bits per heavy atom. The van der Waals surface area contributed by atoms with Crippen molar-refractivity contribution < 1.29 is 24.4 Å². The first kappa shape index (κ1) is 20.1. The van der Waals surface area contributed by atoms with Crippen LogP contribution < -0.4 is 10.6 Å². The fourth-order valence-electron chi connectivity index (χ4n) is 2.09. The molecule has 25 heavy (non-hydrogen) atoms. The van der Waals surface area contributed by atoms with E-state index in [0.29, 0.717) is 6.42 Å². The second-order valence-electron chi connectivity index (χ2n) is 5.90. The third-order valence-electron chi connectivity index (χ3n) is 3.32. The van der Waals surface area contributed by atoms with E-state index in [9.17, 15) is 24.5 Å². The molecule has 1 atom stereocenters. The molecule has 0 aliphatic carbocycles. The topological polar surface area (TPSA) is 139 Å². The van der Waals surface area contributed by atoms with Crippen LogP contribution in [-0.4, -0.2) is 40.4 Å². The van der Waals surface area contributed by atoms with Crippen LogP contribution in [0.4, 0.5) is 5.69 Å². The lowest BCUT2D eigenvalue weighted by Crippen LogP contribution is -2.42. The van der Waals surface area contributed by atoms with Crippen LogP contribution in [0.2, 0.25) is 0 Å². The summed E-state index contributed by atoms with van der Waals surface area (Å²) in [6.45, 7) is 3.73. The molecular weight excluding hydrogens is 330 g/mol. The molecule has 0 fully saturated rings. The van der Waals surface area contributed by atoms with E-state index in [1.54, 1.807) is 0 Å². The van der Waals surface area contributed by atoms with Gasteiger partial charge in [-0.15, -0.1) is 0 Å². The molecule has 3 N–H and O–H groups in total. The number of rotatable bonds is 9. The van der Waals surface area contributed by atoms with E-state index in [1.165, 1.54) is 24.3 Å². The summed E-state index contributed by atoms with van der Waals surface area (Å²) in [6, 6.07) is 4.10. The summed E-state index contributed by atoms with van der Waals surface area (Å²) in [7, 11) is 0. The Kier molecular flexibility index (Phi) is 7.51. The molecule has 1 aromatic carbocycles. The Morgan fingerprint density at radius 1 is 1.20 bits per heavy atom. The first-order valence-corrected chi connectivity index (χ1v) is 7.75. The monoisotopic (exact) mass is 351 g/mol. The first-order chi connectivity index (χ1) is 11.7. The summed E-state index contributed by atoms with van der Waals surface area (Å²) in [6.07, 6.45) is 0.247. The maximum Gasteiger partial charge on any atom is 0.326 e. The van der Waals surface area contributed by atoms with Crippen molar-refractivity contribution in [2.75, 3.05) is 6.54 Å². The Morgan fingerprint density at radius 3 is 2.28 bits per heavy atom. The molecule has 1 rings (SSSR count). The molecule has 0 aliphatic rings. The van der Waals surface area contributed by atoms with Crippen molar-refractivity contribution in [3.05, 3.63) is 39.9 Å². The molecule has 9 heteroatoms. The van der Waals surface area contributed by atoms with Crippen molar-refractivity contribution in [1.82, 2.24) is 10.6 Å². The van der Waals surface area contributed by atoms with Crippen molar-refractivity contribution >= 4 is 23.5 Å². The quantitative estimate of drug-likeness (QED) is 0.453. The zero-order valence-electron chi connectivity index (χ0n) is 14.0. The van der Waals surface area contributed by atoms with Crippen molar-refractivity contribution in [3.8, 4) is 0 Å². The molecule has 1 unspecified atom stereocenters. The van der Waals surface area contributed by atoms with E-state index >= 15 is 0 Å². The second kappa shape index (κ2) is 9.36. The lowest BCUT2D eigenvalue weighted by molar-refractivity contribution is -0.384. The number of carbonyl (C=O) groups is 3. The number of hydrogen-bond acceptors (Lipinski definition) is 5. The van der Waals surface area contributed by atoms with Gasteiger partial charge < -0.3 is 15.7 Å². The maximum absolute atomic E-state index is 11.9.